The molecule has 0 aromatic rings. The molecule has 0 aliphatic carbocycles. The maximum atomic E-state index is 13.6. The van der Waals surface area contributed by atoms with E-state index in [2.05, 4.69) is 166 Å². The lowest BCUT2D eigenvalue weighted by Gasteiger charge is -2.31. The molecule has 4 amide bonds. The van der Waals surface area contributed by atoms with Gasteiger partial charge in [0.25, 0.3) is 0 Å². The minimum absolute atomic E-state index is 0.0387. The number of esters is 8. The molecule has 0 spiro atoms. The Morgan fingerprint density at radius 1 is 0.196 bits per heavy atom. The average molecular weight is 2280 g/mol. The zero-order valence-corrected chi connectivity index (χ0v) is 73.1. The van der Waals surface area contributed by atoms with Gasteiger partial charge in [-0.05, 0) is 27.7 Å². The molecule has 0 radical (unpaired) electrons. The van der Waals surface area contributed by atoms with Gasteiger partial charge < -0.3 is 78.1 Å². The van der Waals surface area contributed by atoms with Gasteiger partial charge in [-0.2, -0.15) is 140 Å². The van der Waals surface area contributed by atoms with Crippen molar-refractivity contribution in [3.8, 4) is 0 Å². The monoisotopic (exact) mass is 2280 g/mol. The minimum Gasteiger partial charge on any atom is -0.461 e. The molecule has 0 heterocycles. The first-order valence-electron chi connectivity index (χ1n) is 36.3. The Hall–Kier alpha value is -12.5. The van der Waals surface area contributed by atoms with Crippen LogP contribution in [-0.2, 0) is 152 Å². The van der Waals surface area contributed by atoms with Crippen molar-refractivity contribution in [3.63, 3.8) is 0 Å². The van der Waals surface area contributed by atoms with E-state index in [1.54, 1.807) is 21.3 Å². The highest BCUT2D eigenvalue weighted by atomic mass is 19.4. The second-order valence-corrected chi connectivity index (χ2v) is 25.2. The molecule has 40 nitrogen and oxygen atoms in total. The zero-order valence-electron chi connectivity index (χ0n) is 73.1. The van der Waals surface area contributed by atoms with E-state index < -0.39 is 312 Å². The molecule has 0 aromatic heterocycles. The minimum atomic E-state index is -6.81. The number of halogens is 40. The molecule has 0 atom stereocenters. The van der Waals surface area contributed by atoms with Crippen LogP contribution in [0.1, 0.15) is 27.7 Å². The first kappa shape index (κ1) is 142. The number of amides is 4. The first-order chi connectivity index (χ1) is 66.2. The number of alkyl halides is 40. The van der Waals surface area contributed by atoms with E-state index in [-0.39, 0.29) is 17.2 Å². The molecule has 0 rings (SSSR count). The van der Waals surface area contributed by atoms with Gasteiger partial charge >= 0.3 is 195 Å². The van der Waals surface area contributed by atoms with Crippen molar-refractivity contribution < 1.29 is 347 Å². The summed E-state index contributed by atoms with van der Waals surface area (Å²) in [6.45, 7) is 4.52. The van der Waals surface area contributed by atoms with Crippen molar-refractivity contribution in [2.45, 2.75) is 151 Å². The van der Waals surface area contributed by atoms with Crippen molar-refractivity contribution in [1.29, 1.82) is 0 Å². The van der Waals surface area contributed by atoms with Crippen LogP contribution in [0.25, 0.3) is 0 Å². The van der Waals surface area contributed by atoms with Crippen LogP contribution >= 0.6 is 0 Å². The molecule has 0 bridgehead atoms. The summed E-state index contributed by atoms with van der Waals surface area (Å²) in [5.41, 5.74) is -1.07. The number of carbonyl (C=O) groups excluding carboxylic acids is 12. The summed E-state index contributed by atoms with van der Waals surface area (Å²) in [7, 11) is 0. The van der Waals surface area contributed by atoms with Crippen LogP contribution in [0.5, 0.6) is 0 Å². The number of hydrogen-bond acceptors (Lipinski definition) is 36. The summed E-state index contributed by atoms with van der Waals surface area (Å²) in [5.74, 6) is -10.0. The van der Waals surface area contributed by atoms with E-state index in [1.807, 2.05) is 0 Å². The summed E-state index contributed by atoms with van der Waals surface area (Å²) >= 11 is 0. The molecule has 148 heavy (non-hydrogen) atoms. The maximum absolute atomic E-state index is 13.6. The lowest BCUT2D eigenvalue weighted by Crippen LogP contribution is -2.54. The smallest absolute Gasteiger partial charge is 0.461 e. The van der Waals surface area contributed by atoms with Crippen LogP contribution in [-0.4, -0.2) is 301 Å². The third kappa shape index (κ3) is 61.3. The van der Waals surface area contributed by atoms with Crippen LogP contribution < -0.4 is 21.3 Å². The summed E-state index contributed by atoms with van der Waals surface area (Å²) in [4.78, 5) is 131. The maximum Gasteiger partial charge on any atom is 0.495 e. The first-order valence-corrected chi connectivity index (χ1v) is 36.3. The van der Waals surface area contributed by atoms with Gasteiger partial charge in [-0.25, -0.2) is 114 Å². The second kappa shape index (κ2) is 57.9. The van der Waals surface area contributed by atoms with Crippen LogP contribution in [0.2, 0.25) is 0 Å². The van der Waals surface area contributed by atoms with Gasteiger partial charge in [0.05, 0.1) is 26.2 Å². The van der Waals surface area contributed by atoms with Crippen molar-refractivity contribution in [2.24, 2.45) is 0 Å². The standard InChI is InChI=1S/C21H24F10N2O11.C19H20F10N2O11.C15H14F10O7.C13H10F10O7/c1-11(2)13(34)38-7-5-32-15(36)40-9-17(22,23)42-19(26,27)20(28,29)44-21(30,31)43-18(24,25)10-41-16(37)33-6-8-39-14(35)12(3)4;1-3-11(32)36-7-5-30-13(34)38-9-15(20,21)40-17(24,25)18(26,27)42-19(28,29)41-16(22,23)10-39-14(35)31-6-8-37-12(33)4-2;1-7(2)9(26)28-5-11(16,17)30-13(20,21)14(22,23)32-15(24,25)31-12(18,19)6-29-10(27)8(3)4;1-3-7(24)26-5-9(14,15)28-11(18,19)12(20,21)30-13(22,23)29-10(16,17)6-27-8(25)4-2/h1,3,5-10H2,2,4H3,(H,32,36)(H,33,37);3-4H,1-2,5-10H2,(H,30,34)(H,31,35);1,3,5-6H2,2,4H3;3-4H,1-2,5-6H2. The Labute approximate surface area is 794 Å². The number of rotatable bonds is 64. The predicted octanol–water partition coefficient (Wildman–Crippen LogP) is 14.1. The molecule has 0 saturated heterocycles. The van der Waals surface area contributed by atoms with Crippen LogP contribution in [0.4, 0.5) is 195 Å². The molecule has 0 aliphatic heterocycles. The van der Waals surface area contributed by atoms with Crippen LogP contribution in [0, 0.1) is 0 Å². The van der Waals surface area contributed by atoms with Crippen LogP contribution in [0.3, 0.4) is 0 Å². The number of alkyl carbamates (subject to hydrolysis) is 4. The predicted molar refractivity (Wildman–Crippen MR) is 377 cm³/mol. The Balaban J connectivity index is -0.000000946. The van der Waals surface area contributed by atoms with E-state index in [0.29, 0.717) is 6.08 Å². The number of ether oxygens (including phenoxy) is 24. The summed E-state index contributed by atoms with van der Waals surface area (Å²) in [5, 5.41) is 6.69. The number of hydrogen-bond donors (Lipinski definition) is 4. The third-order valence-electron chi connectivity index (χ3n) is 12.0. The third-order valence-corrected chi connectivity index (χ3v) is 12.0. The lowest BCUT2D eigenvalue weighted by atomic mass is 10.4. The fourth-order valence-corrected chi connectivity index (χ4v) is 6.18. The molecule has 0 aliphatic rings. The number of nitrogens with one attached hydrogen (secondary N) is 4. The molecule has 856 valence electrons. The summed E-state index contributed by atoms with van der Waals surface area (Å²) in [6.07, 6.45) is -127. The second-order valence-electron chi connectivity index (χ2n) is 25.2. The van der Waals surface area contributed by atoms with E-state index in [0.717, 1.165) is 26.0 Å². The molecule has 0 unspecified atom stereocenters. The fraction of sp³-hybridized carbons (Fsp3) is 0.588. The highest BCUT2D eigenvalue weighted by molar-refractivity contribution is 5.88. The highest BCUT2D eigenvalue weighted by Crippen LogP contribution is 2.50. The molecular weight excluding hydrogens is 2210 g/mol. The van der Waals surface area contributed by atoms with Crippen molar-refractivity contribution >= 4 is 72.1 Å². The van der Waals surface area contributed by atoms with Crippen LogP contribution in [0.15, 0.2) is 99.2 Å². The SMILES string of the molecule is C=C(C)C(=O)OCC(F)(F)OC(F)(F)OC(F)(F)C(F)(F)OC(F)(F)COC(=O)C(=C)C.C=C(C)C(=O)OCCNC(=O)OCC(F)(F)OC(F)(F)OC(F)(F)C(F)(F)OC(F)(F)COC(=O)NCCOC(=O)C(=C)C.C=CC(=O)OCC(F)(F)OC(F)(F)OC(F)(F)C(F)(F)OC(F)(F)COC(=O)C=C.C=CC(=O)OCCNC(=O)OCC(F)(F)OC(F)(F)OC(F)(F)C(F)(F)OC(F)(F)COC(=O)NCCOC(=O)C=C. The van der Waals surface area contributed by atoms with E-state index >= 15 is 0 Å². The summed E-state index contributed by atoms with van der Waals surface area (Å²) < 4.78 is 609. The molecular formula is C68H68F40N4O36. The van der Waals surface area contributed by atoms with Gasteiger partial charge in [0.1, 0.15) is 26.4 Å². The largest absolute Gasteiger partial charge is 0.495 e. The van der Waals surface area contributed by atoms with Gasteiger partial charge in [-0.1, -0.05) is 52.6 Å². The zero-order chi connectivity index (χ0) is 117. The molecule has 80 heteroatoms. The topological polar surface area (TPSA) is 474 Å². The van der Waals surface area contributed by atoms with E-state index in [1.165, 1.54) is 13.8 Å². The van der Waals surface area contributed by atoms with Gasteiger partial charge in [0, 0.05) is 46.6 Å². The normalized spacial score (nSPS) is 12.9. The number of carbonyl (C=O) groups is 12. The van der Waals surface area contributed by atoms with E-state index in [4.69, 9.17) is 0 Å². The molecule has 0 saturated carbocycles. The highest BCUT2D eigenvalue weighted by Gasteiger charge is 2.74. The van der Waals surface area contributed by atoms with Gasteiger partial charge in [0.15, 0.2) is 52.9 Å². The Morgan fingerprint density at radius 2 is 0.331 bits per heavy atom. The Kier molecular flexibility index (Phi) is 55.4. The van der Waals surface area contributed by atoms with Gasteiger partial charge in [0.2, 0.25) is 0 Å². The van der Waals surface area contributed by atoms with Crippen molar-refractivity contribution in [3.05, 3.63) is 99.2 Å². The quantitative estimate of drug-likeness (QED) is 0.0110. The van der Waals surface area contributed by atoms with Crippen molar-refractivity contribution in [2.75, 3.05) is 105 Å². The molecule has 0 fully saturated rings. The van der Waals surface area contributed by atoms with E-state index in [9.17, 15) is 233 Å². The fourth-order valence-electron chi connectivity index (χ4n) is 6.18. The summed E-state index contributed by atoms with van der Waals surface area (Å²) in [6, 6.07) is 0. The van der Waals surface area contributed by atoms with Gasteiger partial charge in [-0.15, -0.1) is 35.1 Å². The Morgan fingerprint density at radius 3 is 0.500 bits per heavy atom. The molecule has 4 N–H and O–H groups in total. The lowest BCUT2D eigenvalue weighted by molar-refractivity contribution is -0.566. The van der Waals surface area contributed by atoms with Crippen molar-refractivity contribution in [1.82, 2.24) is 21.3 Å². The molecule has 0 aromatic carbocycles. The Bertz CT molecular complexity index is 4490. The average Bonchev–Trinajstić information content (AvgIpc) is 0.794. The van der Waals surface area contributed by atoms with Gasteiger partial charge in [-0.3, -0.25) is 0 Å².